The van der Waals surface area contributed by atoms with Crippen LogP contribution in [0.2, 0.25) is 0 Å². The summed E-state index contributed by atoms with van der Waals surface area (Å²) in [5.41, 5.74) is 0.401. The smallest absolute Gasteiger partial charge is 0.0652 e. The van der Waals surface area contributed by atoms with Gasteiger partial charge >= 0.3 is 0 Å². The first-order chi connectivity index (χ1) is 5.76. The molecule has 2 rings (SSSR count). The van der Waals surface area contributed by atoms with Gasteiger partial charge in [0.1, 0.15) is 0 Å². The quantitative estimate of drug-likeness (QED) is 0.545. The van der Waals surface area contributed by atoms with E-state index in [1.54, 1.807) is 0 Å². The molecule has 0 radical (unpaired) electrons. The Bertz CT molecular complexity index is 171. The van der Waals surface area contributed by atoms with Crippen molar-refractivity contribution < 1.29 is 4.74 Å². The first kappa shape index (κ1) is 8.52. The summed E-state index contributed by atoms with van der Waals surface area (Å²) in [7, 11) is 2.25. The van der Waals surface area contributed by atoms with E-state index in [0.717, 1.165) is 19.1 Å². The van der Waals surface area contributed by atoms with Crippen molar-refractivity contribution in [2.24, 2.45) is 5.92 Å². The van der Waals surface area contributed by atoms with Crippen molar-refractivity contribution >= 4 is 0 Å². The van der Waals surface area contributed by atoms with Crippen LogP contribution in [-0.4, -0.2) is 37.2 Å². The van der Waals surface area contributed by atoms with Gasteiger partial charge in [0.15, 0.2) is 0 Å². The van der Waals surface area contributed by atoms with Gasteiger partial charge in [-0.05, 0) is 38.8 Å². The topological polar surface area (TPSA) is 12.5 Å². The number of ether oxygens (including phenoxy) is 1. The zero-order valence-electron chi connectivity index (χ0n) is 8.18. The monoisotopic (exact) mass is 169 g/mol. The third-order valence-corrected chi connectivity index (χ3v) is 3.83. The van der Waals surface area contributed by atoms with Crippen molar-refractivity contribution in [2.45, 2.75) is 31.7 Å². The second kappa shape index (κ2) is 3.00. The first-order valence-electron chi connectivity index (χ1n) is 5.05. The lowest BCUT2D eigenvalue weighted by Crippen LogP contribution is -2.53. The van der Waals surface area contributed by atoms with Crippen LogP contribution in [0, 0.1) is 5.92 Å². The predicted molar refractivity (Wildman–Crippen MR) is 49.2 cm³/mol. The second-order valence-corrected chi connectivity index (χ2v) is 4.37. The number of nitrogens with zero attached hydrogens (tertiary/aromatic N) is 1. The summed E-state index contributed by atoms with van der Waals surface area (Å²) in [6.07, 6.45) is 3.93. The summed E-state index contributed by atoms with van der Waals surface area (Å²) >= 11 is 0. The van der Waals surface area contributed by atoms with Gasteiger partial charge in [-0.25, -0.2) is 0 Å². The van der Waals surface area contributed by atoms with E-state index >= 15 is 0 Å². The van der Waals surface area contributed by atoms with Crippen LogP contribution in [0.25, 0.3) is 0 Å². The molecule has 0 aromatic heterocycles. The largest absolute Gasteiger partial charge is 0.380 e. The molecule has 70 valence electrons. The number of likely N-dealkylation sites (tertiary alicyclic amines) is 1. The lowest BCUT2D eigenvalue weighted by molar-refractivity contribution is -0.0545. The van der Waals surface area contributed by atoms with E-state index in [-0.39, 0.29) is 0 Å². The molecule has 2 atom stereocenters. The van der Waals surface area contributed by atoms with E-state index in [4.69, 9.17) is 4.74 Å². The number of likely N-dealkylation sites (N-methyl/N-ethyl adjacent to an activating group) is 1. The molecule has 12 heavy (non-hydrogen) atoms. The van der Waals surface area contributed by atoms with Crippen molar-refractivity contribution in [3.05, 3.63) is 0 Å². The van der Waals surface area contributed by atoms with Crippen LogP contribution in [0.4, 0.5) is 0 Å². The van der Waals surface area contributed by atoms with Gasteiger partial charge in [0.05, 0.1) is 6.61 Å². The molecule has 2 aliphatic rings. The summed E-state index contributed by atoms with van der Waals surface area (Å²) in [5, 5.41) is 0. The van der Waals surface area contributed by atoms with Crippen molar-refractivity contribution in [3.8, 4) is 0 Å². The summed E-state index contributed by atoms with van der Waals surface area (Å²) in [5.74, 6) is 0.818. The van der Waals surface area contributed by atoms with Gasteiger partial charge in [-0.1, -0.05) is 6.92 Å². The highest BCUT2D eigenvalue weighted by Crippen LogP contribution is 2.38. The minimum atomic E-state index is 0.401. The van der Waals surface area contributed by atoms with E-state index in [1.807, 2.05) is 0 Å². The van der Waals surface area contributed by atoms with Gasteiger partial charge in [-0.3, -0.25) is 4.90 Å². The third kappa shape index (κ3) is 1.09. The van der Waals surface area contributed by atoms with Crippen molar-refractivity contribution in [3.63, 3.8) is 0 Å². The van der Waals surface area contributed by atoms with Crippen LogP contribution in [0.1, 0.15) is 26.2 Å². The van der Waals surface area contributed by atoms with Crippen LogP contribution in [0.3, 0.4) is 0 Å². The maximum absolute atomic E-state index is 5.61. The van der Waals surface area contributed by atoms with Crippen LogP contribution in [0.5, 0.6) is 0 Å². The number of rotatable bonds is 0. The zero-order valence-corrected chi connectivity index (χ0v) is 8.18. The Balaban J connectivity index is 2.15. The summed E-state index contributed by atoms with van der Waals surface area (Å²) in [6, 6.07) is 0. The molecule has 0 aliphatic carbocycles. The molecule has 0 amide bonds. The highest BCUT2D eigenvalue weighted by molar-refractivity contribution is 4.99. The molecular formula is C10H19NO. The van der Waals surface area contributed by atoms with E-state index < -0.39 is 0 Å². The van der Waals surface area contributed by atoms with Gasteiger partial charge in [0, 0.05) is 12.1 Å². The SMILES string of the molecule is C[C@H]1CCOC[C@]12CCCN2C. The summed E-state index contributed by atoms with van der Waals surface area (Å²) in [6.45, 7) is 5.57. The Morgan fingerprint density at radius 2 is 2.33 bits per heavy atom. The third-order valence-electron chi connectivity index (χ3n) is 3.83. The molecule has 0 N–H and O–H groups in total. The molecule has 2 heteroatoms. The van der Waals surface area contributed by atoms with Crippen molar-refractivity contribution in [1.82, 2.24) is 4.90 Å². The fraction of sp³-hybridized carbons (Fsp3) is 1.00. The van der Waals surface area contributed by atoms with E-state index in [9.17, 15) is 0 Å². The van der Waals surface area contributed by atoms with Crippen LogP contribution >= 0.6 is 0 Å². The summed E-state index contributed by atoms with van der Waals surface area (Å²) in [4.78, 5) is 2.51. The lowest BCUT2D eigenvalue weighted by atomic mass is 9.80. The fourth-order valence-electron chi connectivity index (χ4n) is 2.76. The standard InChI is InChI=1S/C10H19NO/c1-9-4-7-12-8-10(9)5-3-6-11(10)2/h9H,3-8H2,1-2H3/t9-,10+/m0/s1. The lowest BCUT2D eigenvalue weighted by Gasteiger charge is -2.44. The minimum absolute atomic E-state index is 0.401. The van der Waals surface area contributed by atoms with E-state index in [2.05, 4.69) is 18.9 Å². The molecule has 0 unspecified atom stereocenters. The van der Waals surface area contributed by atoms with Gasteiger partial charge in [-0.2, -0.15) is 0 Å². The normalized spacial score (nSPS) is 44.0. The molecule has 0 aromatic rings. The Hall–Kier alpha value is -0.0800. The molecule has 2 heterocycles. The molecule has 2 aliphatic heterocycles. The molecular weight excluding hydrogens is 150 g/mol. The van der Waals surface area contributed by atoms with Crippen LogP contribution in [0.15, 0.2) is 0 Å². The Kier molecular flexibility index (Phi) is 2.13. The van der Waals surface area contributed by atoms with E-state index in [0.29, 0.717) is 5.54 Å². The van der Waals surface area contributed by atoms with Crippen molar-refractivity contribution in [2.75, 3.05) is 26.8 Å². The molecule has 0 bridgehead atoms. The van der Waals surface area contributed by atoms with Gasteiger partial charge in [-0.15, -0.1) is 0 Å². The summed E-state index contributed by atoms with van der Waals surface area (Å²) < 4.78 is 5.61. The number of hydrogen-bond acceptors (Lipinski definition) is 2. The predicted octanol–water partition coefficient (Wildman–Crippen LogP) is 1.51. The maximum Gasteiger partial charge on any atom is 0.0652 e. The Morgan fingerprint density at radius 3 is 2.92 bits per heavy atom. The molecule has 1 spiro atoms. The molecule has 2 nitrogen and oxygen atoms in total. The van der Waals surface area contributed by atoms with Gasteiger partial charge in [0.25, 0.3) is 0 Å². The maximum atomic E-state index is 5.61. The molecule has 2 fully saturated rings. The molecule has 0 saturated carbocycles. The van der Waals surface area contributed by atoms with Gasteiger partial charge in [0.2, 0.25) is 0 Å². The van der Waals surface area contributed by atoms with Crippen LogP contribution < -0.4 is 0 Å². The Morgan fingerprint density at radius 1 is 1.50 bits per heavy atom. The molecule has 2 saturated heterocycles. The average Bonchev–Trinajstić information content (AvgIpc) is 2.41. The van der Waals surface area contributed by atoms with Gasteiger partial charge < -0.3 is 4.74 Å². The molecule has 0 aromatic carbocycles. The van der Waals surface area contributed by atoms with Crippen LogP contribution in [-0.2, 0) is 4.74 Å². The second-order valence-electron chi connectivity index (χ2n) is 4.37. The fourth-order valence-corrected chi connectivity index (χ4v) is 2.76. The van der Waals surface area contributed by atoms with Crippen molar-refractivity contribution in [1.29, 1.82) is 0 Å². The van der Waals surface area contributed by atoms with E-state index in [1.165, 1.54) is 25.8 Å². The average molecular weight is 169 g/mol. The Labute approximate surface area is 74.9 Å². The first-order valence-corrected chi connectivity index (χ1v) is 5.05. The highest BCUT2D eigenvalue weighted by Gasteiger charge is 2.44. The zero-order chi connectivity index (χ0) is 8.60. The number of hydrogen-bond donors (Lipinski definition) is 0. The highest BCUT2D eigenvalue weighted by atomic mass is 16.5. The minimum Gasteiger partial charge on any atom is -0.380 e.